The van der Waals surface area contributed by atoms with Crippen LogP contribution in [0.5, 0.6) is 0 Å². The van der Waals surface area contributed by atoms with Crippen molar-refractivity contribution in [3.63, 3.8) is 0 Å². The largest absolute Gasteiger partial charge is 0.478 e. The van der Waals surface area contributed by atoms with Gasteiger partial charge in [-0.3, -0.25) is 0 Å². The van der Waals surface area contributed by atoms with Gasteiger partial charge < -0.3 is 9.90 Å². The lowest BCUT2D eigenvalue weighted by atomic mass is 10.0. The molecule has 0 aromatic heterocycles. The van der Waals surface area contributed by atoms with Gasteiger partial charge in [0.2, 0.25) is 0 Å². The highest BCUT2D eigenvalue weighted by Crippen LogP contribution is 2.15. The van der Waals surface area contributed by atoms with Crippen molar-refractivity contribution in [3.05, 3.63) is 41.0 Å². The van der Waals surface area contributed by atoms with Crippen molar-refractivity contribution in [1.82, 2.24) is 0 Å². The first-order chi connectivity index (χ1) is 7.16. The molecule has 0 saturated carbocycles. The standard InChI is InChI=1S/C12H12O3/c1-9-10(5-2-3-8-13)6-4-7-11(9)12(14)15/h2,4-8H,3H2,1H3,(H,14,15). The molecule has 0 unspecified atom stereocenters. The molecular weight excluding hydrogens is 192 g/mol. The number of benzene rings is 1. The maximum atomic E-state index is 10.8. The van der Waals surface area contributed by atoms with Crippen molar-refractivity contribution in [2.75, 3.05) is 0 Å². The molecule has 0 aliphatic carbocycles. The summed E-state index contributed by atoms with van der Waals surface area (Å²) in [6, 6.07) is 5.08. The number of carbonyl (C=O) groups excluding carboxylic acids is 1. The van der Waals surface area contributed by atoms with Gasteiger partial charge in [-0.2, -0.15) is 0 Å². The van der Waals surface area contributed by atoms with Crippen molar-refractivity contribution in [1.29, 1.82) is 0 Å². The number of carboxylic acids is 1. The summed E-state index contributed by atoms with van der Waals surface area (Å²) >= 11 is 0. The monoisotopic (exact) mass is 204 g/mol. The second-order valence-electron chi connectivity index (χ2n) is 3.13. The number of aromatic carboxylic acids is 1. The molecule has 1 aromatic carbocycles. The maximum absolute atomic E-state index is 10.8. The lowest BCUT2D eigenvalue weighted by Gasteiger charge is -2.03. The highest BCUT2D eigenvalue weighted by atomic mass is 16.4. The van der Waals surface area contributed by atoms with E-state index in [9.17, 15) is 9.59 Å². The summed E-state index contributed by atoms with van der Waals surface area (Å²) in [6.07, 6.45) is 4.61. The minimum absolute atomic E-state index is 0.295. The lowest BCUT2D eigenvalue weighted by Crippen LogP contribution is -2.00. The van der Waals surface area contributed by atoms with Crippen LogP contribution in [-0.4, -0.2) is 17.4 Å². The van der Waals surface area contributed by atoms with Gasteiger partial charge >= 0.3 is 5.97 Å². The average molecular weight is 204 g/mol. The molecule has 0 fully saturated rings. The highest BCUT2D eigenvalue weighted by Gasteiger charge is 2.07. The zero-order chi connectivity index (χ0) is 11.3. The van der Waals surface area contributed by atoms with Crippen molar-refractivity contribution in [2.45, 2.75) is 13.3 Å². The number of carboxylic acid groups (broad SMARTS) is 1. The van der Waals surface area contributed by atoms with Crippen molar-refractivity contribution >= 4 is 18.3 Å². The zero-order valence-corrected chi connectivity index (χ0v) is 8.43. The summed E-state index contributed by atoms with van der Waals surface area (Å²) < 4.78 is 0. The third-order valence-electron chi connectivity index (χ3n) is 2.14. The summed E-state index contributed by atoms with van der Waals surface area (Å²) in [4.78, 5) is 20.9. The molecular formula is C12H12O3. The van der Waals surface area contributed by atoms with Crippen LogP contribution in [0.25, 0.3) is 6.08 Å². The molecule has 0 atom stereocenters. The van der Waals surface area contributed by atoms with E-state index < -0.39 is 5.97 Å². The van der Waals surface area contributed by atoms with Crippen LogP contribution in [0, 0.1) is 6.92 Å². The molecule has 1 aromatic rings. The van der Waals surface area contributed by atoms with Crippen LogP contribution in [0.4, 0.5) is 0 Å². The Bertz CT molecular complexity index is 405. The summed E-state index contributed by atoms with van der Waals surface area (Å²) in [5.74, 6) is -0.932. The minimum Gasteiger partial charge on any atom is -0.478 e. The smallest absolute Gasteiger partial charge is 0.335 e. The summed E-state index contributed by atoms with van der Waals surface area (Å²) in [5, 5.41) is 8.88. The number of allylic oxidation sites excluding steroid dienone is 1. The molecule has 0 aliphatic heterocycles. The van der Waals surface area contributed by atoms with Gasteiger partial charge in [0.15, 0.2) is 0 Å². The van der Waals surface area contributed by atoms with E-state index in [1.165, 1.54) is 0 Å². The van der Waals surface area contributed by atoms with E-state index in [0.717, 1.165) is 11.8 Å². The first-order valence-electron chi connectivity index (χ1n) is 4.60. The Hall–Kier alpha value is -1.90. The van der Waals surface area contributed by atoms with Crippen LogP contribution in [0.2, 0.25) is 0 Å². The average Bonchev–Trinajstić information content (AvgIpc) is 2.20. The summed E-state index contributed by atoms with van der Waals surface area (Å²) in [6.45, 7) is 1.75. The van der Waals surface area contributed by atoms with Crippen LogP contribution >= 0.6 is 0 Å². The number of hydrogen-bond donors (Lipinski definition) is 1. The van der Waals surface area contributed by atoms with E-state index in [1.54, 1.807) is 31.2 Å². The fourth-order valence-electron chi connectivity index (χ4n) is 1.32. The predicted octanol–water partition coefficient (Wildman–Crippen LogP) is 2.30. The Morgan fingerprint density at radius 2 is 2.20 bits per heavy atom. The summed E-state index contributed by atoms with van der Waals surface area (Å²) in [5.41, 5.74) is 1.84. The molecule has 3 heteroatoms. The fourth-order valence-corrected chi connectivity index (χ4v) is 1.32. The van der Waals surface area contributed by atoms with Gasteiger partial charge in [0.25, 0.3) is 0 Å². The SMILES string of the molecule is Cc1c(C=CCC=O)cccc1C(=O)O. The van der Waals surface area contributed by atoms with Gasteiger partial charge in [-0.1, -0.05) is 24.3 Å². The Morgan fingerprint density at radius 1 is 1.47 bits per heavy atom. The predicted molar refractivity (Wildman–Crippen MR) is 57.9 cm³/mol. The molecule has 15 heavy (non-hydrogen) atoms. The van der Waals surface area contributed by atoms with Crippen molar-refractivity contribution in [3.8, 4) is 0 Å². The van der Waals surface area contributed by atoms with E-state index in [4.69, 9.17) is 5.11 Å². The fraction of sp³-hybridized carbons (Fsp3) is 0.167. The maximum Gasteiger partial charge on any atom is 0.335 e. The number of rotatable bonds is 4. The first kappa shape index (κ1) is 11.2. The second kappa shape index (κ2) is 5.10. The molecule has 0 radical (unpaired) electrons. The molecule has 1 rings (SSSR count). The molecule has 0 spiro atoms. The van der Waals surface area contributed by atoms with Crippen LogP contribution in [0.15, 0.2) is 24.3 Å². The van der Waals surface area contributed by atoms with Gasteiger partial charge in [0.05, 0.1) is 5.56 Å². The topological polar surface area (TPSA) is 54.4 Å². The van der Waals surface area contributed by atoms with Crippen LogP contribution < -0.4 is 0 Å². The van der Waals surface area contributed by atoms with Gasteiger partial charge in [-0.05, 0) is 24.1 Å². The number of hydrogen-bond acceptors (Lipinski definition) is 2. The van der Waals surface area contributed by atoms with E-state index in [1.807, 2.05) is 6.07 Å². The van der Waals surface area contributed by atoms with Crippen LogP contribution in [0.3, 0.4) is 0 Å². The molecule has 0 heterocycles. The van der Waals surface area contributed by atoms with Gasteiger partial charge in [0, 0.05) is 6.42 Å². The molecule has 0 bridgehead atoms. The second-order valence-corrected chi connectivity index (χ2v) is 3.13. The number of aldehydes is 1. The molecule has 1 N–H and O–H groups in total. The molecule has 78 valence electrons. The number of carbonyl (C=O) groups is 2. The van der Waals surface area contributed by atoms with Crippen molar-refractivity contribution < 1.29 is 14.7 Å². The van der Waals surface area contributed by atoms with Crippen LogP contribution in [-0.2, 0) is 4.79 Å². The third kappa shape index (κ3) is 2.77. The normalized spacial score (nSPS) is 10.5. The zero-order valence-electron chi connectivity index (χ0n) is 8.43. The van der Waals surface area contributed by atoms with E-state index in [0.29, 0.717) is 17.5 Å². The highest BCUT2D eigenvalue weighted by molar-refractivity contribution is 5.90. The van der Waals surface area contributed by atoms with Gasteiger partial charge in [-0.25, -0.2) is 4.79 Å². The lowest BCUT2D eigenvalue weighted by molar-refractivity contribution is -0.107. The molecule has 3 nitrogen and oxygen atoms in total. The van der Waals surface area contributed by atoms with E-state index in [2.05, 4.69) is 0 Å². The Balaban J connectivity index is 3.04. The molecule has 0 aliphatic rings. The van der Waals surface area contributed by atoms with E-state index in [-0.39, 0.29) is 0 Å². The first-order valence-corrected chi connectivity index (χ1v) is 4.60. The summed E-state index contributed by atoms with van der Waals surface area (Å²) in [7, 11) is 0. The van der Waals surface area contributed by atoms with Crippen LogP contribution in [0.1, 0.15) is 27.9 Å². The van der Waals surface area contributed by atoms with Crippen molar-refractivity contribution in [2.24, 2.45) is 0 Å². The molecule has 0 saturated heterocycles. The Morgan fingerprint density at radius 3 is 2.80 bits per heavy atom. The van der Waals surface area contributed by atoms with E-state index >= 15 is 0 Å². The Kier molecular flexibility index (Phi) is 3.80. The minimum atomic E-state index is -0.932. The Labute approximate surface area is 88.0 Å². The third-order valence-corrected chi connectivity index (χ3v) is 2.14. The van der Waals surface area contributed by atoms with Gasteiger partial charge in [-0.15, -0.1) is 0 Å². The molecule has 0 amide bonds. The van der Waals surface area contributed by atoms with Gasteiger partial charge in [0.1, 0.15) is 6.29 Å². The quantitative estimate of drug-likeness (QED) is 0.765.